The number of unbranched alkanes of at least 4 members (excludes halogenated alkanes) is 3. The number of carbonyl (C=O) groups excluding carboxylic acids is 1. The average Bonchev–Trinajstić information content (AvgIpc) is 2.79. The number of hydrogen-bond donors (Lipinski definition) is 0. The third-order valence-electron chi connectivity index (χ3n) is 5.43. The van der Waals surface area contributed by atoms with Gasteiger partial charge in [-0.15, -0.1) is 0 Å². The Balaban J connectivity index is 1.58. The van der Waals surface area contributed by atoms with Crippen molar-refractivity contribution in [3.63, 3.8) is 0 Å². The number of ether oxygens (including phenoxy) is 1. The lowest BCUT2D eigenvalue weighted by atomic mass is 10.0. The molecule has 156 valence electrons. The van der Waals surface area contributed by atoms with Crippen LogP contribution in [0.1, 0.15) is 67.4 Å². The maximum Gasteiger partial charge on any atom is 0.343 e. The Morgan fingerprint density at radius 1 is 0.633 bits per heavy atom. The molecule has 0 atom stereocenters. The van der Waals surface area contributed by atoms with Crippen LogP contribution in [0.5, 0.6) is 5.75 Å². The molecule has 30 heavy (non-hydrogen) atoms. The largest absolute Gasteiger partial charge is 0.423 e. The van der Waals surface area contributed by atoms with E-state index in [2.05, 4.69) is 38.1 Å². The van der Waals surface area contributed by atoms with E-state index in [1.807, 2.05) is 48.5 Å². The Bertz CT molecular complexity index is 906. The van der Waals surface area contributed by atoms with Crippen molar-refractivity contribution in [2.75, 3.05) is 0 Å². The second-order valence-corrected chi connectivity index (χ2v) is 7.87. The molecular weight excluding hydrogens is 368 g/mol. The second-order valence-electron chi connectivity index (χ2n) is 7.87. The normalized spacial score (nSPS) is 10.7. The van der Waals surface area contributed by atoms with Crippen molar-refractivity contribution in [1.29, 1.82) is 0 Å². The maximum atomic E-state index is 12.4. The van der Waals surface area contributed by atoms with Gasteiger partial charge in [0.15, 0.2) is 0 Å². The van der Waals surface area contributed by atoms with E-state index in [1.165, 1.54) is 42.4 Å². The van der Waals surface area contributed by atoms with E-state index in [0.29, 0.717) is 11.3 Å². The van der Waals surface area contributed by atoms with Crippen LogP contribution in [0.4, 0.5) is 0 Å². The van der Waals surface area contributed by atoms with Crippen molar-refractivity contribution in [3.05, 3.63) is 89.5 Å². The summed E-state index contributed by atoms with van der Waals surface area (Å²) in [6.07, 6.45) is 8.30. The van der Waals surface area contributed by atoms with E-state index in [-0.39, 0.29) is 5.97 Å². The minimum absolute atomic E-state index is 0.318. The zero-order valence-electron chi connectivity index (χ0n) is 18.2. The van der Waals surface area contributed by atoms with Gasteiger partial charge in [0.05, 0.1) is 5.56 Å². The van der Waals surface area contributed by atoms with Crippen LogP contribution in [-0.2, 0) is 12.8 Å². The molecule has 2 heteroatoms. The Labute approximate surface area is 180 Å². The van der Waals surface area contributed by atoms with Gasteiger partial charge < -0.3 is 4.74 Å². The van der Waals surface area contributed by atoms with E-state index >= 15 is 0 Å². The van der Waals surface area contributed by atoms with Crippen molar-refractivity contribution >= 4 is 5.97 Å². The van der Waals surface area contributed by atoms with Crippen LogP contribution in [0.25, 0.3) is 11.1 Å². The highest BCUT2D eigenvalue weighted by atomic mass is 16.5. The molecule has 0 spiro atoms. The average molecular weight is 401 g/mol. The van der Waals surface area contributed by atoms with Crippen LogP contribution in [0.15, 0.2) is 72.8 Å². The lowest BCUT2D eigenvalue weighted by Gasteiger charge is -2.08. The van der Waals surface area contributed by atoms with Crippen LogP contribution < -0.4 is 4.74 Å². The molecule has 0 radical (unpaired) electrons. The fraction of sp³-hybridized carbons (Fsp3) is 0.321. The topological polar surface area (TPSA) is 26.3 Å². The van der Waals surface area contributed by atoms with Crippen LogP contribution in [0.2, 0.25) is 0 Å². The first-order valence-electron chi connectivity index (χ1n) is 11.2. The SMILES string of the molecule is CCCCCc1ccc(-c2ccc(OC(=O)c3ccc(CCCC)cc3)cc2)cc1. The predicted octanol–water partition coefficient (Wildman–Crippen LogP) is 7.65. The zero-order valence-corrected chi connectivity index (χ0v) is 18.2. The number of hydrogen-bond acceptors (Lipinski definition) is 2. The first-order chi connectivity index (χ1) is 14.7. The van der Waals surface area contributed by atoms with E-state index < -0.39 is 0 Å². The highest BCUT2D eigenvalue weighted by molar-refractivity contribution is 5.91. The molecule has 0 aliphatic rings. The van der Waals surface area contributed by atoms with Gasteiger partial charge in [-0.2, -0.15) is 0 Å². The van der Waals surface area contributed by atoms with Gasteiger partial charge in [0.2, 0.25) is 0 Å². The van der Waals surface area contributed by atoms with E-state index in [1.54, 1.807) is 0 Å². The van der Waals surface area contributed by atoms with E-state index in [0.717, 1.165) is 24.8 Å². The van der Waals surface area contributed by atoms with Crippen molar-refractivity contribution < 1.29 is 9.53 Å². The zero-order chi connectivity index (χ0) is 21.2. The van der Waals surface area contributed by atoms with Gasteiger partial charge in [0, 0.05) is 0 Å². The molecule has 3 aromatic carbocycles. The Hall–Kier alpha value is -2.87. The van der Waals surface area contributed by atoms with Crippen LogP contribution in [0.3, 0.4) is 0 Å². The summed E-state index contributed by atoms with van der Waals surface area (Å²) in [4.78, 5) is 12.4. The monoisotopic (exact) mass is 400 g/mol. The van der Waals surface area contributed by atoms with Gasteiger partial charge >= 0.3 is 5.97 Å². The molecule has 0 bridgehead atoms. The fourth-order valence-corrected chi connectivity index (χ4v) is 3.51. The highest BCUT2D eigenvalue weighted by Gasteiger charge is 2.09. The summed E-state index contributed by atoms with van der Waals surface area (Å²) in [5.41, 5.74) is 5.52. The van der Waals surface area contributed by atoms with Gasteiger partial charge in [0.1, 0.15) is 5.75 Å². The minimum atomic E-state index is -0.318. The second kappa shape index (κ2) is 11.3. The Morgan fingerprint density at radius 2 is 1.13 bits per heavy atom. The van der Waals surface area contributed by atoms with Crippen molar-refractivity contribution in [2.24, 2.45) is 0 Å². The minimum Gasteiger partial charge on any atom is -0.423 e. The first kappa shape index (κ1) is 21.8. The van der Waals surface area contributed by atoms with Crippen LogP contribution in [0, 0.1) is 0 Å². The Morgan fingerprint density at radius 3 is 1.70 bits per heavy atom. The molecule has 0 heterocycles. The summed E-state index contributed by atoms with van der Waals surface area (Å²) < 4.78 is 5.55. The number of rotatable bonds is 10. The third-order valence-corrected chi connectivity index (χ3v) is 5.43. The lowest BCUT2D eigenvalue weighted by Crippen LogP contribution is -2.08. The summed E-state index contributed by atoms with van der Waals surface area (Å²) >= 11 is 0. The summed E-state index contributed by atoms with van der Waals surface area (Å²) in [5.74, 6) is 0.246. The predicted molar refractivity (Wildman–Crippen MR) is 125 cm³/mol. The highest BCUT2D eigenvalue weighted by Crippen LogP contribution is 2.24. The maximum absolute atomic E-state index is 12.4. The molecule has 3 rings (SSSR count). The number of benzene rings is 3. The number of aryl methyl sites for hydroxylation is 2. The van der Waals surface area contributed by atoms with Gasteiger partial charge in [-0.05, 0) is 72.2 Å². The molecule has 0 saturated heterocycles. The van der Waals surface area contributed by atoms with Gasteiger partial charge in [-0.25, -0.2) is 4.79 Å². The smallest absolute Gasteiger partial charge is 0.343 e. The molecule has 2 nitrogen and oxygen atoms in total. The summed E-state index contributed by atoms with van der Waals surface area (Å²) in [6.45, 7) is 4.41. The van der Waals surface area contributed by atoms with E-state index in [9.17, 15) is 4.79 Å². The standard InChI is InChI=1S/C28H32O2/c1-3-5-7-9-23-10-14-24(15-11-23)25-18-20-27(21-19-25)30-28(29)26-16-12-22(13-17-26)8-6-4-2/h10-21H,3-9H2,1-2H3. The van der Waals surface area contributed by atoms with E-state index in [4.69, 9.17) is 4.74 Å². The summed E-state index contributed by atoms with van der Waals surface area (Å²) in [7, 11) is 0. The van der Waals surface area contributed by atoms with Crippen molar-refractivity contribution in [2.45, 2.75) is 58.8 Å². The first-order valence-corrected chi connectivity index (χ1v) is 11.2. The van der Waals surface area contributed by atoms with Crippen molar-refractivity contribution in [1.82, 2.24) is 0 Å². The molecule has 0 aliphatic heterocycles. The summed E-state index contributed by atoms with van der Waals surface area (Å²) in [6, 6.07) is 24.2. The van der Waals surface area contributed by atoms with Crippen molar-refractivity contribution in [3.8, 4) is 16.9 Å². The molecule has 0 N–H and O–H groups in total. The Kier molecular flexibility index (Phi) is 8.26. The summed E-state index contributed by atoms with van der Waals surface area (Å²) in [5, 5.41) is 0. The molecule has 0 amide bonds. The van der Waals surface area contributed by atoms with Gasteiger partial charge in [-0.1, -0.05) is 81.6 Å². The molecular formula is C28H32O2. The molecule has 0 aliphatic carbocycles. The van der Waals surface area contributed by atoms with Crippen LogP contribution >= 0.6 is 0 Å². The van der Waals surface area contributed by atoms with Gasteiger partial charge in [0.25, 0.3) is 0 Å². The molecule has 0 aromatic heterocycles. The molecule has 0 fully saturated rings. The molecule has 0 saturated carbocycles. The molecule has 0 unspecified atom stereocenters. The number of esters is 1. The number of carbonyl (C=O) groups is 1. The third kappa shape index (κ3) is 6.32. The molecule has 3 aromatic rings. The quantitative estimate of drug-likeness (QED) is 0.198. The lowest BCUT2D eigenvalue weighted by molar-refractivity contribution is 0.0735. The fourth-order valence-electron chi connectivity index (χ4n) is 3.51. The van der Waals surface area contributed by atoms with Crippen LogP contribution in [-0.4, -0.2) is 5.97 Å². The van der Waals surface area contributed by atoms with Gasteiger partial charge in [-0.3, -0.25) is 0 Å².